The molecule has 1 heterocycles. The van der Waals surface area contributed by atoms with E-state index in [4.69, 9.17) is 0 Å². The molecule has 2 aromatic carbocycles. The zero-order chi connectivity index (χ0) is 18.5. The second-order valence-corrected chi connectivity index (χ2v) is 6.97. The van der Waals surface area contributed by atoms with Crippen LogP contribution in [-0.4, -0.2) is 22.0 Å². The lowest BCUT2D eigenvalue weighted by atomic mass is 9.96. The van der Waals surface area contributed by atoms with Gasteiger partial charge in [-0.1, -0.05) is 79.9 Å². The summed E-state index contributed by atoms with van der Waals surface area (Å²) in [6, 6.07) is 20.1. The summed E-state index contributed by atoms with van der Waals surface area (Å²) in [4.78, 5) is 20.3. The molecule has 5 nitrogen and oxygen atoms in total. The normalized spacial score (nSPS) is 14.7. The summed E-state index contributed by atoms with van der Waals surface area (Å²) in [5.41, 5.74) is 3.77. The number of nitrogens with zero attached hydrogens (tertiary/aromatic N) is 1. The molecule has 3 N–H and O–H groups in total. The number of carbonyl (C=O) groups excluding carboxylic acids is 1. The number of carbonyl (C=O) groups is 1. The molecule has 5 heteroatoms. The summed E-state index contributed by atoms with van der Waals surface area (Å²) in [5.74, 6) is 0.459. The van der Waals surface area contributed by atoms with Gasteiger partial charge in [0.25, 0.3) is 0 Å². The number of aromatic nitrogens is 2. The molecule has 4 rings (SSSR count). The highest BCUT2D eigenvalue weighted by Crippen LogP contribution is 2.31. The van der Waals surface area contributed by atoms with Crippen molar-refractivity contribution in [3.63, 3.8) is 0 Å². The van der Waals surface area contributed by atoms with Crippen LogP contribution < -0.4 is 10.6 Å². The highest BCUT2D eigenvalue weighted by molar-refractivity contribution is 5.89. The molecule has 138 valence electrons. The van der Waals surface area contributed by atoms with Gasteiger partial charge in [0.1, 0.15) is 0 Å². The fraction of sp³-hybridized carbons (Fsp3) is 0.273. The molecule has 0 bridgehead atoms. The van der Waals surface area contributed by atoms with E-state index in [1.807, 2.05) is 60.7 Å². The third-order valence-corrected chi connectivity index (χ3v) is 4.99. The molecule has 0 unspecified atom stereocenters. The van der Waals surface area contributed by atoms with Crippen molar-refractivity contribution in [1.29, 1.82) is 0 Å². The van der Waals surface area contributed by atoms with Crippen LogP contribution in [0.4, 0.5) is 10.7 Å². The fourth-order valence-electron chi connectivity index (χ4n) is 3.63. The van der Waals surface area contributed by atoms with E-state index in [9.17, 15) is 4.79 Å². The van der Waals surface area contributed by atoms with E-state index >= 15 is 0 Å². The summed E-state index contributed by atoms with van der Waals surface area (Å²) in [6.07, 6.45) is 5.73. The summed E-state index contributed by atoms with van der Waals surface area (Å²) >= 11 is 0. The first kappa shape index (κ1) is 17.3. The minimum atomic E-state index is -0.199. The van der Waals surface area contributed by atoms with Crippen molar-refractivity contribution in [1.82, 2.24) is 15.3 Å². The Bertz CT molecular complexity index is 826. The number of nitrogens with one attached hydrogen (secondary N) is 3. The highest BCUT2D eigenvalue weighted by atomic mass is 16.2. The first-order chi connectivity index (χ1) is 13.3. The Morgan fingerprint density at radius 1 is 0.889 bits per heavy atom. The van der Waals surface area contributed by atoms with Gasteiger partial charge >= 0.3 is 6.03 Å². The van der Waals surface area contributed by atoms with Gasteiger partial charge in [0, 0.05) is 17.2 Å². The lowest BCUT2D eigenvalue weighted by molar-refractivity contribution is 0.244. The van der Waals surface area contributed by atoms with E-state index in [0.717, 1.165) is 35.4 Å². The van der Waals surface area contributed by atoms with Crippen LogP contribution in [0.15, 0.2) is 60.7 Å². The number of anilines is 1. The van der Waals surface area contributed by atoms with E-state index in [0.29, 0.717) is 5.95 Å². The molecule has 1 aliphatic rings. The Hall–Kier alpha value is -3.08. The number of imidazole rings is 1. The third kappa shape index (κ3) is 4.19. The van der Waals surface area contributed by atoms with Crippen LogP contribution in [0.25, 0.3) is 22.5 Å². The van der Waals surface area contributed by atoms with Crippen LogP contribution in [-0.2, 0) is 0 Å². The van der Waals surface area contributed by atoms with Crippen LogP contribution in [0, 0.1) is 0 Å². The van der Waals surface area contributed by atoms with Crippen molar-refractivity contribution in [2.45, 2.75) is 38.1 Å². The Balaban J connectivity index is 1.58. The first-order valence-electron chi connectivity index (χ1n) is 9.58. The number of urea groups is 1. The average Bonchev–Trinajstić information content (AvgIpc) is 3.14. The van der Waals surface area contributed by atoms with Gasteiger partial charge in [-0.05, 0) is 12.8 Å². The monoisotopic (exact) mass is 360 g/mol. The van der Waals surface area contributed by atoms with E-state index in [2.05, 4.69) is 20.6 Å². The van der Waals surface area contributed by atoms with Gasteiger partial charge in [-0.25, -0.2) is 9.78 Å². The second-order valence-electron chi connectivity index (χ2n) is 6.97. The van der Waals surface area contributed by atoms with Crippen LogP contribution in [0.5, 0.6) is 0 Å². The van der Waals surface area contributed by atoms with Crippen molar-refractivity contribution >= 4 is 12.0 Å². The Labute approximate surface area is 159 Å². The molecule has 1 aliphatic carbocycles. The van der Waals surface area contributed by atoms with E-state index in [1.165, 1.54) is 19.3 Å². The Kier molecular flexibility index (Phi) is 5.19. The molecule has 27 heavy (non-hydrogen) atoms. The molecule has 3 aromatic rings. The predicted molar refractivity (Wildman–Crippen MR) is 108 cm³/mol. The Morgan fingerprint density at radius 3 is 2.19 bits per heavy atom. The van der Waals surface area contributed by atoms with Crippen LogP contribution in [0.3, 0.4) is 0 Å². The van der Waals surface area contributed by atoms with Crippen molar-refractivity contribution in [2.75, 3.05) is 5.32 Å². The number of rotatable bonds is 4. The molecule has 0 radical (unpaired) electrons. The van der Waals surface area contributed by atoms with Gasteiger partial charge in [0.05, 0.1) is 11.4 Å². The van der Waals surface area contributed by atoms with Crippen molar-refractivity contribution < 1.29 is 4.79 Å². The van der Waals surface area contributed by atoms with Gasteiger partial charge in [0.2, 0.25) is 5.95 Å². The van der Waals surface area contributed by atoms with E-state index in [1.54, 1.807) is 0 Å². The van der Waals surface area contributed by atoms with E-state index < -0.39 is 0 Å². The average molecular weight is 360 g/mol. The maximum atomic E-state index is 12.4. The summed E-state index contributed by atoms with van der Waals surface area (Å²) in [7, 11) is 0. The lowest BCUT2D eigenvalue weighted by Gasteiger charge is -2.22. The summed E-state index contributed by atoms with van der Waals surface area (Å²) in [6.45, 7) is 0. The third-order valence-electron chi connectivity index (χ3n) is 4.99. The quantitative estimate of drug-likeness (QED) is 0.598. The lowest BCUT2D eigenvalue weighted by Crippen LogP contribution is -2.39. The van der Waals surface area contributed by atoms with Crippen LogP contribution in [0.2, 0.25) is 0 Å². The van der Waals surface area contributed by atoms with Gasteiger partial charge < -0.3 is 10.3 Å². The molecular formula is C22H24N4O. The molecule has 0 spiro atoms. The maximum Gasteiger partial charge on any atom is 0.321 e. The van der Waals surface area contributed by atoms with Crippen LogP contribution >= 0.6 is 0 Å². The molecule has 0 saturated heterocycles. The topological polar surface area (TPSA) is 69.8 Å². The summed E-state index contributed by atoms with van der Waals surface area (Å²) in [5, 5.41) is 5.94. The molecule has 2 amide bonds. The number of benzene rings is 2. The van der Waals surface area contributed by atoms with E-state index in [-0.39, 0.29) is 12.1 Å². The van der Waals surface area contributed by atoms with Gasteiger partial charge in [0.15, 0.2) is 0 Å². The molecular weight excluding hydrogens is 336 g/mol. The van der Waals surface area contributed by atoms with Crippen molar-refractivity contribution in [3.05, 3.63) is 60.7 Å². The Morgan fingerprint density at radius 2 is 1.52 bits per heavy atom. The number of hydrogen-bond acceptors (Lipinski definition) is 2. The fourth-order valence-corrected chi connectivity index (χ4v) is 3.63. The zero-order valence-corrected chi connectivity index (χ0v) is 15.2. The zero-order valence-electron chi connectivity index (χ0n) is 15.2. The molecule has 1 saturated carbocycles. The maximum absolute atomic E-state index is 12.4. The predicted octanol–water partition coefficient (Wildman–Crippen LogP) is 5.20. The minimum absolute atomic E-state index is 0.199. The molecule has 0 atom stereocenters. The number of H-pyrrole nitrogens is 1. The largest absolute Gasteiger partial charge is 0.335 e. The number of aromatic amines is 1. The molecule has 0 aliphatic heterocycles. The standard InChI is InChI=1S/C22H24N4O/c27-22(23-18-14-8-3-9-15-18)26-21-24-19(16-10-4-1-5-11-16)20(25-21)17-12-6-2-7-13-17/h1-2,4-7,10-13,18H,3,8-9,14-15H2,(H3,23,24,25,26,27). The van der Waals surface area contributed by atoms with Crippen molar-refractivity contribution in [2.24, 2.45) is 0 Å². The van der Waals surface area contributed by atoms with Gasteiger partial charge in [-0.15, -0.1) is 0 Å². The number of amides is 2. The summed E-state index contributed by atoms with van der Waals surface area (Å²) < 4.78 is 0. The van der Waals surface area contributed by atoms with Gasteiger partial charge in [-0.2, -0.15) is 0 Å². The highest BCUT2D eigenvalue weighted by Gasteiger charge is 2.18. The second kappa shape index (κ2) is 8.08. The molecule has 1 aromatic heterocycles. The first-order valence-corrected chi connectivity index (χ1v) is 9.58. The van der Waals surface area contributed by atoms with Crippen LogP contribution in [0.1, 0.15) is 32.1 Å². The van der Waals surface area contributed by atoms with Crippen molar-refractivity contribution in [3.8, 4) is 22.5 Å². The SMILES string of the molecule is O=C(Nc1nc(-c2ccccc2)c(-c2ccccc2)[nH]1)NC1CCCCC1. The smallest absolute Gasteiger partial charge is 0.321 e. The van der Waals surface area contributed by atoms with Gasteiger partial charge in [-0.3, -0.25) is 5.32 Å². The minimum Gasteiger partial charge on any atom is -0.335 e. The molecule has 1 fully saturated rings. The number of hydrogen-bond donors (Lipinski definition) is 3.